The number of aromatic nitrogens is 3. The Hall–Kier alpha value is -1.63. The van der Waals surface area contributed by atoms with Crippen LogP contribution in [0, 0.1) is 0 Å². The average molecular weight is 284 g/mol. The second kappa shape index (κ2) is 4.93. The van der Waals surface area contributed by atoms with Crippen LogP contribution < -0.4 is 10.6 Å². The van der Waals surface area contributed by atoms with E-state index in [9.17, 15) is 0 Å². The minimum Gasteiger partial charge on any atom is -0.372 e. The van der Waals surface area contributed by atoms with Crippen molar-refractivity contribution >= 4 is 27.6 Å². The average Bonchev–Trinajstić information content (AvgIpc) is 2.81. The largest absolute Gasteiger partial charge is 0.372 e. The van der Waals surface area contributed by atoms with Gasteiger partial charge >= 0.3 is 0 Å². The Bertz CT molecular complexity index is 459. The summed E-state index contributed by atoms with van der Waals surface area (Å²) in [6, 6.07) is 1.79. The molecule has 0 unspecified atom stereocenters. The molecule has 2 heterocycles. The first-order valence-electron chi connectivity index (χ1n) is 4.62. The highest BCUT2D eigenvalue weighted by atomic mass is 79.9. The minimum absolute atomic E-state index is 0.551. The molecule has 0 fully saturated rings. The molecular weight excluding hydrogens is 274 g/mol. The molecule has 84 valence electrons. The Labute approximate surface area is 101 Å². The Kier molecular flexibility index (Phi) is 3.35. The number of hydrogen-bond donors (Lipinski definition) is 2. The van der Waals surface area contributed by atoms with Crippen molar-refractivity contribution in [2.45, 2.75) is 6.54 Å². The first-order chi connectivity index (χ1) is 7.81. The van der Waals surface area contributed by atoms with Crippen molar-refractivity contribution in [2.24, 2.45) is 0 Å². The van der Waals surface area contributed by atoms with E-state index in [-0.39, 0.29) is 0 Å². The summed E-state index contributed by atoms with van der Waals surface area (Å²) >= 11 is 3.41. The van der Waals surface area contributed by atoms with Crippen molar-refractivity contribution in [3.63, 3.8) is 0 Å². The highest BCUT2D eigenvalue weighted by Crippen LogP contribution is 2.26. The predicted molar refractivity (Wildman–Crippen MR) is 63.1 cm³/mol. The molecule has 0 aliphatic heterocycles. The monoisotopic (exact) mass is 283 g/mol. The van der Waals surface area contributed by atoms with Crippen LogP contribution in [0.2, 0.25) is 0 Å². The van der Waals surface area contributed by atoms with Crippen molar-refractivity contribution in [1.82, 2.24) is 15.1 Å². The number of halogens is 1. The maximum absolute atomic E-state index is 4.73. The highest BCUT2D eigenvalue weighted by molar-refractivity contribution is 9.10. The third kappa shape index (κ3) is 2.30. The Morgan fingerprint density at radius 2 is 2.19 bits per heavy atom. The van der Waals surface area contributed by atoms with E-state index >= 15 is 0 Å². The summed E-state index contributed by atoms with van der Waals surface area (Å²) in [5.41, 5.74) is 0.816. The van der Waals surface area contributed by atoms with Gasteiger partial charge < -0.3 is 15.2 Å². The van der Waals surface area contributed by atoms with Crippen LogP contribution in [0.25, 0.3) is 0 Å². The van der Waals surface area contributed by atoms with Gasteiger partial charge in [0.05, 0.1) is 6.54 Å². The highest BCUT2D eigenvalue weighted by Gasteiger charge is 2.07. The lowest BCUT2D eigenvalue weighted by Gasteiger charge is -2.08. The molecule has 0 atom stereocenters. The number of hydrogen-bond acceptors (Lipinski definition) is 6. The van der Waals surface area contributed by atoms with Crippen molar-refractivity contribution in [2.75, 3.05) is 17.7 Å². The van der Waals surface area contributed by atoms with Gasteiger partial charge in [0.15, 0.2) is 0 Å². The molecule has 2 N–H and O–H groups in total. The standard InChI is InChI=1S/C9H10BrN5O/c1-11-8-7(10)9(14-5-13-8)12-4-6-2-3-16-15-6/h2-3,5H,4H2,1H3,(H2,11,12,13,14). The van der Waals surface area contributed by atoms with Gasteiger partial charge in [-0.15, -0.1) is 0 Å². The minimum atomic E-state index is 0.551. The van der Waals surface area contributed by atoms with Crippen LogP contribution in [0.3, 0.4) is 0 Å². The molecule has 2 aromatic rings. The summed E-state index contributed by atoms with van der Waals surface area (Å²) in [5.74, 6) is 1.44. The van der Waals surface area contributed by atoms with Crippen molar-refractivity contribution < 1.29 is 4.52 Å². The Morgan fingerprint density at radius 3 is 2.88 bits per heavy atom. The van der Waals surface area contributed by atoms with Gasteiger partial charge in [-0.2, -0.15) is 0 Å². The summed E-state index contributed by atoms with van der Waals surface area (Å²) in [4.78, 5) is 8.18. The quantitative estimate of drug-likeness (QED) is 0.892. The molecule has 0 radical (unpaired) electrons. The summed E-state index contributed by atoms with van der Waals surface area (Å²) in [6.07, 6.45) is 3.02. The molecule has 0 amide bonds. The Morgan fingerprint density at radius 1 is 1.38 bits per heavy atom. The van der Waals surface area contributed by atoms with Crippen LogP contribution in [0.15, 0.2) is 27.7 Å². The molecule has 0 saturated heterocycles. The predicted octanol–water partition coefficient (Wildman–Crippen LogP) is 1.88. The summed E-state index contributed by atoms with van der Waals surface area (Å²) in [5, 5.41) is 9.88. The maximum Gasteiger partial charge on any atom is 0.146 e. The summed E-state index contributed by atoms with van der Waals surface area (Å²) < 4.78 is 5.52. The first-order valence-corrected chi connectivity index (χ1v) is 5.42. The van der Waals surface area contributed by atoms with Gasteiger partial charge in [0.2, 0.25) is 0 Å². The van der Waals surface area contributed by atoms with Crippen molar-refractivity contribution in [3.8, 4) is 0 Å². The van der Waals surface area contributed by atoms with Crippen molar-refractivity contribution in [3.05, 3.63) is 28.8 Å². The van der Waals surface area contributed by atoms with Gasteiger partial charge in [-0.05, 0) is 15.9 Å². The SMILES string of the molecule is CNc1ncnc(NCc2ccon2)c1Br. The molecule has 0 aliphatic carbocycles. The van der Waals surface area contributed by atoms with E-state index in [1.807, 2.05) is 0 Å². The molecule has 0 spiro atoms. The zero-order valence-corrected chi connectivity index (χ0v) is 10.2. The molecule has 0 aromatic carbocycles. The molecule has 2 rings (SSSR count). The van der Waals surface area contributed by atoms with E-state index in [0.717, 1.165) is 16.0 Å². The van der Waals surface area contributed by atoms with Gasteiger partial charge in [0.1, 0.15) is 34.4 Å². The van der Waals surface area contributed by atoms with Gasteiger partial charge in [-0.1, -0.05) is 5.16 Å². The summed E-state index contributed by atoms with van der Waals surface area (Å²) in [6.45, 7) is 0.551. The van der Waals surface area contributed by atoms with Crippen LogP contribution in [0.1, 0.15) is 5.69 Å². The number of nitrogens with zero attached hydrogens (tertiary/aromatic N) is 3. The third-order valence-electron chi connectivity index (χ3n) is 1.95. The summed E-state index contributed by atoms with van der Waals surface area (Å²) in [7, 11) is 1.80. The van der Waals surface area contributed by atoms with Crippen LogP contribution in [-0.4, -0.2) is 22.2 Å². The lowest BCUT2D eigenvalue weighted by Crippen LogP contribution is -2.04. The second-order valence-corrected chi connectivity index (χ2v) is 3.77. The van der Waals surface area contributed by atoms with E-state index in [1.54, 1.807) is 13.1 Å². The normalized spacial score (nSPS) is 10.1. The van der Waals surface area contributed by atoms with Crippen LogP contribution in [-0.2, 0) is 6.54 Å². The van der Waals surface area contributed by atoms with Gasteiger partial charge in [-0.3, -0.25) is 0 Å². The van der Waals surface area contributed by atoms with E-state index in [1.165, 1.54) is 12.6 Å². The van der Waals surface area contributed by atoms with Gasteiger partial charge in [0, 0.05) is 13.1 Å². The van der Waals surface area contributed by atoms with E-state index in [2.05, 4.69) is 41.7 Å². The fourth-order valence-electron chi connectivity index (χ4n) is 1.17. The fourth-order valence-corrected chi connectivity index (χ4v) is 1.71. The third-order valence-corrected chi connectivity index (χ3v) is 2.71. The zero-order chi connectivity index (χ0) is 11.4. The molecular formula is C9H10BrN5O. The van der Waals surface area contributed by atoms with E-state index in [4.69, 9.17) is 4.52 Å². The molecule has 0 bridgehead atoms. The molecule has 0 aliphatic rings. The first kappa shape index (κ1) is 10.9. The van der Waals surface area contributed by atoms with E-state index in [0.29, 0.717) is 12.4 Å². The molecule has 0 saturated carbocycles. The molecule has 16 heavy (non-hydrogen) atoms. The van der Waals surface area contributed by atoms with Gasteiger partial charge in [-0.25, -0.2) is 9.97 Å². The topological polar surface area (TPSA) is 75.9 Å². The zero-order valence-electron chi connectivity index (χ0n) is 8.57. The molecule has 7 heteroatoms. The van der Waals surface area contributed by atoms with E-state index < -0.39 is 0 Å². The van der Waals surface area contributed by atoms with Crippen LogP contribution in [0.4, 0.5) is 11.6 Å². The smallest absolute Gasteiger partial charge is 0.146 e. The van der Waals surface area contributed by atoms with Crippen molar-refractivity contribution in [1.29, 1.82) is 0 Å². The Balaban J connectivity index is 2.09. The fraction of sp³-hybridized carbons (Fsp3) is 0.222. The second-order valence-electron chi connectivity index (χ2n) is 2.98. The number of anilines is 2. The molecule has 6 nitrogen and oxygen atoms in total. The van der Waals surface area contributed by atoms with Gasteiger partial charge in [0.25, 0.3) is 0 Å². The van der Waals surface area contributed by atoms with Crippen LogP contribution in [0.5, 0.6) is 0 Å². The van der Waals surface area contributed by atoms with Crippen LogP contribution >= 0.6 is 15.9 Å². The molecule has 2 aromatic heterocycles. The maximum atomic E-state index is 4.73. The number of nitrogens with one attached hydrogen (secondary N) is 2. The number of rotatable bonds is 4. The lowest BCUT2D eigenvalue weighted by molar-refractivity contribution is 0.412. The lowest BCUT2D eigenvalue weighted by atomic mass is 10.4.